The van der Waals surface area contributed by atoms with Gasteiger partial charge in [0.1, 0.15) is 17.4 Å². The molecule has 5 rings (SSSR count). The van der Waals surface area contributed by atoms with Crippen LogP contribution in [0.4, 0.5) is 23.2 Å². The van der Waals surface area contributed by atoms with Crippen LogP contribution >= 0.6 is 0 Å². The number of anilines is 1. The number of carbonyl (C=O) groups excluding carboxylic acids is 1. The smallest absolute Gasteiger partial charge is 0.257 e. The lowest BCUT2D eigenvalue weighted by molar-refractivity contribution is -0.0384. The minimum atomic E-state index is -2.75. The standard InChI is InChI=1S/C27H25F4N3O2/c1-26(2)14-36-21-11-16(13-33-24(21)26)25(35)34-23-18(19-12-17(28)3-4-20(19)29)7-10-32-22(23)15-5-8-27(30,31)9-6-15/h3-4,7,10-13,15H,5-6,8-9,14H2,1-2H3,(H,34,35). The van der Waals surface area contributed by atoms with Crippen LogP contribution in [-0.4, -0.2) is 28.4 Å². The number of halogens is 4. The minimum Gasteiger partial charge on any atom is -0.491 e. The zero-order valence-corrected chi connectivity index (χ0v) is 19.9. The number of benzene rings is 1. The summed E-state index contributed by atoms with van der Waals surface area (Å²) in [4.78, 5) is 22.1. The van der Waals surface area contributed by atoms with E-state index in [4.69, 9.17) is 4.74 Å². The predicted molar refractivity (Wildman–Crippen MR) is 126 cm³/mol. The third-order valence-electron chi connectivity index (χ3n) is 6.89. The highest BCUT2D eigenvalue weighted by molar-refractivity contribution is 6.07. The summed E-state index contributed by atoms with van der Waals surface area (Å²) in [6, 6.07) is 6.10. The van der Waals surface area contributed by atoms with Gasteiger partial charge in [0.15, 0.2) is 0 Å². The second-order valence-corrected chi connectivity index (χ2v) is 10.1. The van der Waals surface area contributed by atoms with Gasteiger partial charge in [-0.3, -0.25) is 14.8 Å². The van der Waals surface area contributed by atoms with E-state index < -0.39 is 23.5 Å². The molecular weight excluding hydrogens is 474 g/mol. The first-order chi connectivity index (χ1) is 17.0. The number of rotatable bonds is 4. The van der Waals surface area contributed by atoms with Gasteiger partial charge in [-0.05, 0) is 43.2 Å². The molecule has 1 saturated carbocycles. The van der Waals surface area contributed by atoms with E-state index in [2.05, 4.69) is 15.3 Å². The molecule has 3 aromatic rings. The van der Waals surface area contributed by atoms with E-state index in [-0.39, 0.29) is 59.4 Å². The number of aromatic nitrogens is 2. The normalized spacial score (nSPS) is 18.4. The van der Waals surface area contributed by atoms with Crippen LogP contribution in [0, 0.1) is 11.6 Å². The molecule has 2 aromatic heterocycles. The van der Waals surface area contributed by atoms with E-state index in [0.717, 1.165) is 23.9 Å². The van der Waals surface area contributed by atoms with Crippen LogP contribution in [0.3, 0.4) is 0 Å². The van der Waals surface area contributed by atoms with Gasteiger partial charge < -0.3 is 10.1 Å². The molecule has 9 heteroatoms. The van der Waals surface area contributed by atoms with Gasteiger partial charge in [0.25, 0.3) is 5.91 Å². The third kappa shape index (κ3) is 4.54. The fourth-order valence-corrected chi connectivity index (χ4v) is 4.86. The van der Waals surface area contributed by atoms with E-state index in [9.17, 15) is 22.4 Å². The molecule has 1 aliphatic carbocycles. The van der Waals surface area contributed by atoms with Gasteiger partial charge >= 0.3 is 0 Å². The van der Waals surface area contributed by atoms with Crippen molar-refractivity contribution in [1.29, 1.82) is 0 Å². The molecule has 0 bridgehead atoms. The van der Waals surface area contributed by atoms with Crippen molar-refractivity contribution in [3.63, 3.8) is 0 Å². The van der Waals surface area contributed by atoms with Gasteiger partial charge in [-0.2, -0.15) is 0 Å². The number of nitrogens with one attached hydrogen (secondary N) is 1. The maximum absolute atomic E-state index is 14.8. The molecule has 0 spiro atoms. The number of hydrogen-bond acceptors (Lipinski definition) is 4. The summed E-state index contributed by atoms with van der Waals surface area (Å²) in [7, 11) is 0. The van der Waals surface area contributed by atoms with Crippen molar-refractivity contribution in [1.82, 2.24) is 9.97 Å². The number of ether oxygens (including phenoxy) is 1. The lowest BCUT2D eigenvalue weighted by Gasteiger charge is -2.29. The predicted octanol–water partition coefficient (Wildman–Crippen LogP) is 6.64. The van der Waals surface area contributed by atoms with Crippen LogP contribution in [0.5, 0.6) is 5.75 Å². The SMILES string of the molecule is CC1(C)COc2cc(C(=O)Nc3c(-c4cc(F)ccc4F)ccnc3C3CCC(F)(F)CC3)cnc21. The second-order valence-electron chi connectivity index (χ2n) is 10.1. The summed E-state index contributed by atoms with van der Waals surface area (Å²) in [6.45, 7) is 4.41. The molecule has 1 aliphatic heterocycles. The Kier molecular flexibility index (Phi) is 5.97. The van der Waals surface area contributed by atoms with Crippen LogP contribution in [-0.2, 0) is 5.41 Å². The molecule has 1 amide bonds. The number of amides is 1. The zero-order chi connectivity index (χ0) is 25.7. The number of pyridine rings is 2. The van der Waals surface area contributed by atoms with Gasteiger partial charge in [0, 0.05) is 47.7 Å². The van der Waals surface area contributed by atoms with Crippen molar-refractivity contribution >= 4 is 11.6 Å². The fourth-order valence-electron chi connectivity index (χ4n) is 4.86. The van der Waals surface area contributed by atoms with E-state index >= 15 is 0 Å². The van der Waals surface area contributed by atoms with Crippen molar-refractivity contribution in [3.05, 3.63) is 71.3 Å². The topological polar surface area (TPSA) is 64.1 Å². The van der Waals surface area contributed by atoms with E-state index in [0.29, 0.717) is 18.1 Å². The maximum atomic E-state index is 14.8. The quantitative estimate of drug-likeness (QED) is 0.409. The lowest BCUT2D eigenvalue weighted by Crippen LogP contribution is -2.25. The van der Waals surface area contributed by atoms with Gasteiger partial charge in [0.2, 0.25) is 5.92 Å². The average molecular weight is 500 g/mol. The van der Waals surface area contributed by atoms with Crippen molar-refractivity contribution in [2.75, 3.05) is 11.9 Å². The fraction of sp³-hybridized carbons (Fsp3) is 0.370. The molecule has 0 saturated heterocycles. The molecule has 188 valence electrons. The van der Waals surface area contributed by atoms with Crippen LogP contribution in [0.25, 0.3) is 11.1 Å². The van der Waals surface area contributed by atoms with Crippen LogP contribution < -0.4 is 10.1 Å². The highest BCUT2D eigenvalue weighted by Crippen LogP contribution is 2.45. The Balaban J connectivity index is 1.55. The van der Waals surface area contributed by atoms with Gasteiger partial charge in [-0.25, -0.2) is 17.6 Å². The highest BCUT2D eigenvalue weighted by Gasteiger charge is 2.37. The Morgan fingerprint density at radius 2 is 1.81 bits per heavy atom. The molecule has 1 aromatic carbocycles. The highest BCUT2D eigenvalue weighted by atomic mass is 19.3. The number of carbonyl (C=O) groups is 1. The first-order valence-corrected chi connectivity index (χ1v) is 11.8. The maximum Gasteiger partial charge on any atom is 0.257 e. The Morgan fingerprint density at radius 1 is 1.06 bits per heavy atom. The Hall–Kier alpha value is -3.49. The van der Waals surface area contributed by atoms with E-state index in [1.54, 1.807) is 6.07 Å². The molecule has 1 N–H and O–H groups in total. The number of alkyl halides is 2. The largest absolute Gasteiger partial charge is 0.491 e. The van der Waals surface area contributed by atoms with Crippen molar-refractivity contribution < 1.29 is 27.1 Å². The summed E-state index contributed by atoms with van der Waals surface area (Å²) < 4.78 is 62.2. The third-order valence-corrected chi connectivity index (χ3v) is 6.89. The summed E-state index contributed by atoms with van der Waals surface area (Å²) in [5.41, 5.74) is 1.36. The molecule has 2 aliphatic rings. The first-order valence-electron chi connectivity index (χ1n) is 11.8. The van der Waals surface area contributed by atoms with Gasteiger partial charge in [-0.15, -0.1) is 0 Å². The Labute approximate surface area is 205 Å². The van der Waals surface area contributed by atoms with E-state index in [1.165, 1.54) is 18.5 Å². The number of hydrogen-bond donors (Lipinski definition) is 1. The average Bonchev–Trinajstić information content (AvgIpc) is 3.15. The van der Waals surface area contributed by atoms with E-state index in [1.807, 2.05) is 13.8 Å². The first kappa shape index (κ1) is 24.2. The molecule has 3 heterocycles. The molecule has 0 unspecified atom stereocenters. The summed E-state index contributed by atoms with van der Waals surface area (Å²) >= 11 is 0. The second kappa shape index (κ2) is 8.87. The van der Waals surface area contributed by atoms with Crippen molar-refractivity contribution in [3.8, 4) is 16.9 Å². The minimum absolute atomic E-state index is 0.0627. The summed E-state index contributed by atoms with van der Waals surface area (Å²) in [5.74, 6) is -4.51. The van der Waals surface area contributed by atoms with Crippen LogP contribution in [0.2, 0.25) is 0 Å². The zero-order valence-electron chi connectivity index (χ0n) is 19.9. The molecule has 1 fully saturated rings. The van der Waals surface area contributed by atoms with Crippen LogP contribution in [0.1, 0.15) is 67.2 Å². The molecular formula is C27H25F4N3O2. The van der Waals surface area contributed by atoms with Crippen molar-refractivity contribution in [2.45, 2.75) is 56.8 Å². The Bertz CT molecular complexity index is 1330. The van der Waals surface area contributed by atoms with Crippen molar-refractivity contribution in [2.24, 2.45) is 0 Å². The molecule has 0 atom stereocenters. The number of nitrogens with zero attached hydrogens (tertiary/aromatic N) is 2. The Morgan fingerprint density at radius 3 is 2.56 bits per heavy atom. The lowest BCUT2D eigenvalue weighted by atomic mass is 9.83. The van der Waals surface area contributed by atoms with Gasteiger partial charge in [0.05, 0.1) is 29.2 Å². The molecule has 0 radical (unpaired) electrons. The monoisotopic (exact) mass is 499 g/mol. The number of fused-ring (bicyclic) bond motifs is 1. The summed E-state index contributed by atoms with van der Waals surface area (Å²) in [5, 5.41) is 2.80. The van der Waals surface area contributed by atoms with Crippen LogP contribution in [0.15, 0.2) is 42.7 Å². The molecule has 5 nitrogen and oxygen atoms in total. The molecule has 36 heavy (non-hydrogen) atoms. The van der Waals surface area contributed by atoms with Gasteiger partial charge in [-0.1, -0.05) is 13.8 Å². The summed E-state index contributed by atoms with van der Waals surface area (Å²) in [6.07, 6.45) is 2.54.